The van der Waals surface area contributed by atoms with E-state index in [1.807, 2.05) is 13.8 Å². The summed E-state index contributed by atoms with van der Waals surface area (Å²) in [5, 5.41) is 11.3. The number of amides is 1. The lowest BCUT2D eigenvalue weighted by atomic mass is 10.1. The molecule has 2 rings (SSSR count). The molecule has 0 unspecified atom stereocenters. The average molecular weight is 299 g/mol. The lowest BCUT2D eigenvalue weighted by Crippen LogP contribution is -2.48. The zero-order valence-electron chi connectivity index (χ0n) is 11.2. The molecule has 2 atom stereocenters. The Morgan fingerprint density at radius 3 is 2.55 bits per heavy atom. The molecule has 1 amide bonds. The molecule has 1 aromatic rings. The number of nitro groups is 1. The summed E-state index contributed by atoms with van der Waals surface area (Å²) < 4.78 is 5.55. The summed E-state index contributed by atoms with van der Waals surface area (Å²) in [6, 6.07) is 4.07. The van der Waals surface area contributed by atoms with Gasteiger partial charge in [-0.25, -0.2) is 0 Å². The highest BCUT2D eigenvalue weighted by Crippen LogP contribution is 2.25. The number of rotatable bonds is 2. The highest BCUT2D eigenvalue weighted by atomic mass is 35.5. The maximum absolute atomic E-state index is 12.5. The summed E-state index contributed by atoms with van der Waals surface area (Å²) in [6.07, 6.45) is -0.178. The smallest absolute Gasteiger partial charge is 0.283 e. The molecule has 1 aliphatic rings. The quantitative estimate of drug-likeness (QED) is 0.621. The summed E-state index contributed by atoms with van der Waals surface area (Å²) in [5.74, 6) is -0.365. The van der Waals surface area contributed by atoms with Gasteiger partial charge in [-0.15, -0.1) is 0 Å². The second kappa shape index (κ2) is 5.76. The first-order chi connectivity index (χ1) is 9.38. The van der Waals surface area contributed by atoms with Crippen molar-refractivity contribution in [2.24, 2.45) is 0 Å². The van der Waals surface area contributed by atoms with Crippen LogP contribution in [0.4, 0.5) is 5.69 Å². The largest absolute Gasteiger partial charge is 0.372 e. The molecule has 0 aliphatic carbocycles. The fourth-order valence-electron chi connectivity index (χ4n) is 2.35. The van der Waals surface area contributed by atoms with Crippen molar-refractivity contribution in [1.29, 1.82) is 0 Å². The van der Waals surface area contributed by atoms with Gasteiger partial charge in [0.15, 0.2) is 0 Å². The molecule has 0 bridgehead atoms. The van der Waals surface area contributed by atoms with Crippen LogP contribution in [0.1, 0.15) is 24.2 Å². The van der Waals surface area contributed by atoms with Gasteiger partial charge in [0.2, 0.25) is 0 Å². The van der Waals surface area contributed by atoms with E-state index in [4.69, 9.17) is 16.3 Å². The third kappa shape index (κ3) is 3.08. The van der Waals surface area contributed by atoms with Crippen molar-refractivity contribution < 1.29 is 14.5 Å². The standard InChI is InChI=1S/C13H15ClN2O4/c1-8-6-15(7-9(2)20-8)13(17)11-4-3-10(14)5-12(11)16(18)19/h3-5,8-9H,6-7H2,1-2H3/t8-,9-/m1/s1. The molecule has 1 heterocycles. The van der Waals surface area contributed by atoms with Crippen LogP contribution < -0.4 is 0 Å². The van der Waals surface area contributed by atoms with Crippen LogP contribution in [0.3, 0.4) is 0 Å². The van der Waals surface area contributed by atoms with Crippen LogP contribution in [0.5, 0.6) is 0 Å². The van der Waals surface area contributed by atoms with Crippen molar-refractivity contribution in [3.8, 4) is 0 Å². The zero-order valence-corrected chi connectivity index (χ0v) is 12.0. The Morgan fingerprint density at radius 2 is 2.00 bits per heavy atom. The van der Waals surface area contributed by atoms with Crippen LogP contribution >= 0.6 is 11.6 Å². The number of hydrogen-bond acceptors (Lipinski definition) is 4. The Hall–Kier alpha value is -1.66. The van der Waals surface area contributed by atoms with Crippen LogP contribution in [0.15, 0.2) is 18.2 Å². The third-order valence-electron chi connectivity index (χ3n) is 3.09. The molecular formula is C13H15ClN2O4. The summed E-state index contributed by atoms with van der Waals surface area (Å²) in [7, 11) is 0. The van der Waals surface area contributed by atoms with Gasteiger partial charge in [0, 0.05) is 24.2 Å². The second-order valence-electron chi connectivity index (χ2n) is 4.89. The van der Waals surface area contributed by atoms with E-state index in [1.54, 1.807) is 4.90 Å². The van der Waals surface area contributed by atoms with E-state index in [9.17, 15) is 14.9 Å². The maximum atomic E-state index is 12.5. The number of halogens is 1. The van der Waals surface area contributed by atoms with Crippen LogP contribution in [0.25, 0.3) is 0 Å². The van der Waals surface area contributed by atoms with Gasteiger partial charge < -0.3 is 9.64 Å². The van der Waals surface area contributed by atoms with Crippen molar-refractivity contribution in [2.75, 3.05) is 13.1 Å². The topological polar surface area (TPSA) is 72.7 Å². The van der Waals surface area contributed by atoms with Crippen LogP contribution in [0, 0.1) is 10.1 Å². The van der Waals surface area contributed by atoms with Gasteiger partial charge in [-0.1, -0.05) is 11.6 Å². The van der Waals surface area contributed by atoms with E-state index in [0.717, 1.165) is 0 Å². The molecular weight excluding hydrogens is 284 g/mol. The molecule has 0 saturated carbocycles. The predicted octanol–water partition coefficient (Wildman–Crippen LogP) is 2.50. The molecule has 1 saturated heterocycles. The maximum Gasteiger partial charge on any atom is 0.283 e. The fraction of sp³-hybridized carbons (Fsp3) is 0.462. The highest BCUT2D eigenvalue weighted by molar-refractivity contribution is 6.31. The Balaban J connectivity index is 2.31. The number of nitrogens with zero attached hydrogens (tertiary/aromatic N) is 2. The van der Waals surface area contributed by atoms with E-state index in [1.165, 1.54) is 18.2 Å². The Labute approximate surface area is 121 Å². The first-order valence-electron chi connectivity index (χ1n) is 6.27. The first kappa shape index (κ1) is 14.7. The van der Waals surface area contributed by atoms with E-state index in [-0.39, 0.29) is 34.4 Å². The summed E-state index contributed by atoms with van der Waals surface area (Å²) in [6.45, 7) is 4.57. The number of carbonyl (C=O) groups is 1. The second-order valence-corrected chi connectivity index (χ2v) is 5.32. The van der Waals surface area contributed by atoms with Crippen molar-refractivity contribution in [3.63, 3.8) is 0 Å². The van der Waals surface area contributed by atoms with Crippen molar-refractivity contribution in [2.45, 2.75) is 26.1 Å². The number of nitro benzene ring substituents is 1. The lowest BCUT2D eigenvalue weighted by Gasteiger charge is -2.35. The van der Waals surface area contributed by atoms with Crippen molar-refractivity contribution >= 4 is 23.2 Å². The lowest BCUT2D eigenvalue weighted by molar-refractivity contribution is -0.385. The summed E-state index contributed by atoms with van der Waals surface area (Å²) in [5.41, 5.74) is -0.213. The van der Waals surface area contributed by atoms with Gasteiger partial charge in [-0.2, -0.15) is 0 Å². The van der Waals surface area contributed by atoms with E-state index in [0.29, 0.717) is 13.1 Å². The van der Waals surface area contributed by atoms with Gasteiger partial charge in [0.05, 0.1) is 17.1 Å². The Kier molecular flexibility index (Phi) is 4.25. The van der Waals surface area contributed by atoms with Crippen LogP contribution in [-0.2, 0) is 4.74 Å². The number of morpholine rings is 1. The monoisotopic (exact) mass is 298 g/mol. The number of benzene rings is 1. The predicted molar refractivity (Wildman–Crippen MR) is 74.0 cm³/mol. The normalized spacial score (nSPS) is 22.6. The van der Waals surface area contributed by atoms with Crippen molar-refractivity contribution in [1.82, 2.24) is 4.90 Å². The zero-order chi connectivity index (χ0) is 14.9. The molecule has 1 aliphatic heterocycles. The minimum atomic E-state index is -0.591. The van der Waals surface area contributed by atoms with Gasteiger partial charge in [-0.3, -0.25) is 14.9 Å². The molecule has 108 valence electrons. The minimum absolute atomic E-state index is 0.0562. The molecule has 0 N–H and O–H groups in total. The SMILES string of the molecule is C[C@@H]1CN(C(=O)c2ccc(Cl)cc2[N+](=O)[O-])C[C@@H](C)O1. The molecule has 0 spiro atoms. The van der Waals surface area contributed by atoms with E-state index >= 15 is 0 Å². The third-order valence-corrected chi connectivity index (χ3v) is 3.33. The minimum Gasteiger partial charge on any atom is -0.372 e. The number of hydrogen-bond donors (Lipinski definition) is 0. The molecule has 7 heteroatoms. The van der Waals surface area contributed by atoms with E-state index in [2.05, 4.69) is 0 Å². The molecule has 1 fully saturated rings. The number of carbonyl (C=O) groups excluding carboxylic acids is 1. The Bertz CT molecular complexity index is 539. The molecule has 20 heavy (non-hydrogen) atoms. The fourth-order valence-corrected chi connectivity index (χ4v) is 2.52. The van der Waals surface area contributed by atoms with Crippen LogP contribution in [0.2, 0.25) is 5.02 Å². The van der Waals surface area contributed by atoms with Gasteiger partial charge in [-0.05, 0) is 26.0 Å². The molecule has 0 radical (unpaired) electrons. The first-order valence-corrected chi connectivity index (χ1v) is 6.65. The molecule has 0 aromatic heterocycles. The highest BCUT2D eigenvalue weighted by Gasteiger charge is 2.30. The van der Waals surface area contributed by atoms with Gasteiger partial charge in [0.1, 0.15) is 5.56 Å². The van der Waals surface area contributed by atoms with Crippen molar-refractivity contribution in [3.05, 3.63) is 38.9 Å². The number of ether oxygens (including phenoxy) is 1. The molecule has 6 nitrogen and oxygen atoms in total. The average Bonchev–Trinajstić information content (AvgIpc) is 2.36. The Morgan fingerprint density at radius 1 is 1.40 bits per heavy atom. The van der Waals surface area contributed by atoms with Gasteiger partial charge >= 0.3 is 0 Å². The van der Waals surface area contributed by atoms with Crippen LogP contribution in [-0.4, -0.2) is 41.0 Å². The summed E-state index contributed by atoms with van der Waals surface area (Å²) in [4.78, 5) is 24.5. The summed E-state index contributed by atoms with van der Waals surface area (Å²) >= 11 is 5.75. The van der Waals surface area contributed by atoms with Gasteiger partial charge in [0.25, 0.3) is 11.6 Å². The van der Waals surface area contributed by atoms with E-state index < -0.39 is 4.92 Å². The molecule has 1 aromatic carbocycles.